The Morgan fingerprint density at radius 1 is 0.738 bits per heavy atom. The molecule has 0 fully saturated rings. The third-order valence-electron chi connectivity index (χ3n) is 7.89. The van der Waals surface area contributed by atoms with Crippen LogP contribution in [0.4, 0.5) is 24.5 Å². The van der Waals surface area contributed by atoms with Gasteiger partial charge in [0.1, 0.15) is 12.7 Å². The number of anilines is 2. The number of rotatable bonds is 13. The van der Waals surface area contributed by atoms with Crippen molar-refractivity contribution in [2.45, 2.75) is 33.7 Å². The van der Waals surface area contributed by atoms with Crippen LogP contribution in [0.15, 0.2) is 116 Å². The van der Waals surface area contributed by atoms with Crippen molar-refractivity contribution in [1.82, 2.24) is 39.1 Å². The molecular weight excluding hydrogens is 860 g/mol. The van der Waals surface area contributed by atoms with Crippen LogP contribution in [0.1, 0.15) is 52.3 Å². The van der Waals surface area contributed by atoms with Gasteiger partial charge in [-0.1, -0.05) is 91.3 Å². The van der Waals surface area contributed by atoms with Gasteiger partial charge in [0.2, 0.25) is 11.6 Å². The molecule has 7 aromatic rings. The first-order valence-corrected chi connectivity index (χ1v) is 19.9. The Hall–Kier alpha value is -6.41. The summed E-state index contributed by atoms with van der Waals surface area (Å²) in [5, 5.41) is 12.7. The number of carbonyl (C=O) groups excluding carboxylic acids is 2. The van der Waals surface area contributed by atoms with Crippen molar-refractivity contribution >= 4 is 56.5 Å². The van der Waals surface area contributed by atoms with Gasteiger partial charge < -0.3 is 15.2 Å². The van der Waals surface area contributed by atoms with Crippen LogP contribution in [-0.2, 0) is 40.5 Å². The number of amides is 2. The van der Waals surface area contributed by atoms with Gasteiger partial charge in [-0.25, -0.2) is 33.1 Å². The summed E-state index contributed by atoms with van der Waals surface area (Å²) in [4.78, 5) is 36.8. The first kappa shape index (κ1) is 45.7. The minimum atomic E-state index is -3.69. The molecule has 0 saturated heterocycles. The molecule has 4 aromatic carbocycles. The van der Waals surface area contributed by atoms with Crippen molar-refractivity contribution in [3.8, 4) is 0 Å². The Labute approximate surface area is 360 Å². The molecule has 0 unspecified atom stereocenters. The molecule has 2 amide bonds. The molecule has 320 valence electrons. The SMILES string of the molecule is C.CS(=O)(=O)OCc1cc(Cl)c(F)c(NC(=O)c2ncn(Cc3ccccc3)n2)c1.O=C(Nc1cc(Cn2ccnc2)cc(Cl)c1F)c1ncn(Cc2ccccc2)n1.[2H]CF. The van der Waals surface area contributed by atoms with E-state index in [1.165, 1.54) is 41.6 Å². The van der Waals surface area contributed by atoms with E-state index in [-0.39, 0.29) is 52.7 Å². The third kappa shape index (κ3) is 14.1. The number of hydrogen-bond acceptors (Lipinski definition) is 10. The fraction of sp³-hybridized carbons (Fsp3) is 0.175. The van der Waals surface area contributed by atoms with E-state index < -0.39 is 40.7 Å². The zero-order chi connectivity index (χ0) is 43.9. The van der Waals surface area contributed by atoms with Crippen LogP contribution in [0.5, 0.6) is 0 Å². The molecule has 0 aliphatic carbocycles. The molecule has 61 heavy (non-hydrogen) atoms. The van der Waals surface area contributed by atoms with E-state index in [9.17, 15) is 31.2 Å². The van der Waals surface area contributed by atoms with Gasteiger partial charge in [0.05, 0.1) is 62.2 Å². The summed E-state index contributed by atoms with van der Waals surface area (Å²) in [5.41, 5.74) is 2.70. The summed E-state index contributed by atoms with van der Waals surface area (Å²) in [6.07, 6.45) is 8.80. The molecule has 3 heterocycles. The monoisotopic (exact) mass is 899 g/mol. The van der Waals surface area contributed by atoms with Crippen molar-refractivity contribution in [3.63, 3.8) is 0 Å². The van der Waals surface area contributed by atoms with E-state index in [0.717, 1.165) is 17.4 Å². The fourth-order valence-electron chi connectivity index (χ4n) is 5.26. The van der Waals surface area contributed by atoms with Gasteiger partial charge in [-0.2, -0.15) is 8.42 Å². The second-order valence-electron chi connectivity index (χ2n) is 12.5. The number of aromatic nitrogens is 8. The predicted molar refractivity (Wildman–Crippen MR) is 225 cm³/mol. The molecule has 15 nitrogen and oxygen atoms in total. The molecule has 0 atom stereocenters. The van der Waals surface area contributed by atoms with Gasteiger partial charge in [-0.15, -0.1) is 10.2 Å². The first-order valence-electron chi connectivity index (χ1n) is 18.0. The number of carbonyl (C=O) groups is 2. The van der Waals surface area contributed by atoms with Crippen molar-refractivity contribution < 1.29 is 36.7 Å². The summed E-state index contributed by atoms with van der Waals surface area (Å²) in [6, 6.07) is 24.6. The maximum atomic E-state index is 14.4. The molecule has 21 heteroatoms. The lowest BCUT2D eigenvalue weighted by atomic mass is 10.2. The summed E-state index contributed by atoms with van der Waals surface area (Å²) < 4.78 is 75.9. The number of hydrogen-bond donors (Lipinski definition) is 2. The highest BCUT2D eigenvalue weighted by atomic mass is 35.5. The topological polar surface area (TPSA) is 181 Å². The van der Waals surface area contributed by atoms with E-state index in [4.69, 9.17) is 24.6 Å². The Morgan fingerprint density at radius 3 is 1.64 bits per heavy atom. The van der Waals surface area contributed by atoms with E-state index in [1.807, 2.05) is 65.2 Å². The van der Waals surface area contributed by atoms with Crippen molar-refractivity contribution in [2.24, 2.45) is 0 Å². The Bertz CT molecular complexity index is 2660. The van der Waals surface area contributed by atoms with Gasteiger partial charge >= 0.3 is 0 Å². The standard InChI is InChI=1S/C20H16ClFN6O.C18H16ClFN4O4S.CH3F.CH4/c21-16-8-15(10-27-7-6-23-12-27)9-17(18(16)22)25-20(29)19-24-13-28(26-19)11-14-4-2-1-3-5-14;1-29(26,27)28-10-13-7-14(19)16(20)15(8-13)22-18(25)17-21-11-24(23-17)9-12-5-3-2-4-6-12;1-2;/h1-9,12-13H,10-11H2,(H,25,29);2-8,11H,9-10H2,1H3,(H,22,25);1H3;1H4/i;;1D;. The average Bonchev–Trinajstić information content (AvgIpc) is 4.03. The normalized spacial score (nSPS) is 10.9. The van der Waals surface area contributed by atoms with Crippen molar-refractivity contribution in [1.29, 1.82) is 0 Å². The quantitative estimate of drug-likeness (QED) is 0.109. The molecule has 0 bridgehead atoms. The summed E-state index contributed by atoms with van der Waals surface area (Å²) in [5.74, 6) is -3.16. The zero-order valence-corrected chi connectivity index (χ0v) is 33.8. The highest BCUT2D eigenvalue weighted by Gasteiger charge is 2.19. The molecule has 3 aromatic heterocycles. The first-order chi connectivity index (χ1) is 29.2. The molecule has 0 aliphatic heterocycles. The lowest BCUT2D eigenvalue weighted by Crippen LogP contribution is -2.16. The molecule has 0 spiro atoms. The number of imidazole rings is 1. The zero-order valence-electron chi connectivity index (χ0n) is 32.4. The molecule has 0 aliphatic rings. The number of nitrogens with one attached hydrogen (secondary N) is 2. The smallest absolute Gasteiger partial charge is 0.295 e. The van der Waals surface area contributed by atoms with Gasteiger partial charge in [0.15, 0.2) is 11.6 Å². The predicted octanol–water partition coefficient (Wildman–Crippen LogP) is 7.69. The summed E-state index contributed by atoms with van der Waals surface area (Å²) in [6.45, 7) is 0.972. The average molecular weight is 901 g/mol. The Balaban J connectivity index is 0.000000253. The van der Waals surface area contributed by atoms with Crippen molar-refractivity contribution in [3.05, 3.63) is 172 Å². The molecule has 0 radical (unpaired) electrons. The van der Waals surface area contributed by atoms with Crippen LogP contribution >= 0.6 is 23.2 Å². The van der Waals surface area contributed by atoms with Crippen molar-refractivity contribution in [2.75, 3.05) is 24.0 Å². The molecule has 2 N–H and O–H groups in total. The lowest BCUT2D eigenvalue weighted by molar-refractivity contribution is 0.100. The minimum absolute atomic E-state index is 0. The second kappa shape index (κ2) is 22.3. The largest absolute Gasteiger partial charge is 0.333 e. The summed E-state index contributed by atoms with van der Waals surface area (Å²) >= 11 is 11.8. The van der Waals surface area contributed by atoms with E-state index in [1.54, 1.807) is 23.4 Å². The Morgan fingerprint density at radius 2 is 1.20 bits per heavy atom. The molecule has 0 saturated carbocycles. The maximum Gasteiger partial charge on any atom is 0.295 e. The van der Waals surface area contributed by atoms with Gasteiger partial charge in [-0.05, 0) is 46.5 Å². The number of halogens is 5. The van der Waals surface area contributed by atoms with Gasteiger partial charge in [0.25, 0.3) is 21.9 Å². The Kier molecular flexibility index (Phi) is 16.7. The lowest BCUT2D eigenvalue weighted by Gasteiger charge is -2.10. The third-order valence-corrected chi connectivity index (χ3v) is 8.99. The number of alkyl halides is 1. The van der Waals surface area contributed by atoms with E-state index >= 15 is 0 Å². The number of benzene rings is 4. The van der Waals surface area contributed by atoms with E-state index in [0.29, 0.717) is 25.2 Å². The fourth-order valence-corrected chi connectivity index (χ4v) is 6.09. The highest BCUT2D eigenvalue weighted by molar-refractivity contribution is 7.85. The highest BCUT2D eigenvalue weighted by Crippen LogP contribution is 2.27. The molecule has 7 rings (SSSR count). The summed E-state index contributed by atoms with van der Waals surface area (Å²) in [7, 11) is -4.69. The number of nitrogens with zero attached hydrogens (tertiary/aromatic N) is 8. The van der Waals surface area contributed by atoms with E-state index in [2.05, 4.69) is 40.0 Å². The second-order valence-corrected chi connectivity index (χ2v) is 14.9. The van der Waals surface area contributed by atoms with Crippen LogP contribution in [0.25, 0.3) is 0 Å². The van der Waals surface area contributed by atoms with Crippen LogP contribution in [-0.4, -0.2) is 72.7 Å². The van der Waals surface area contributed by atoms with Crippen LogP contribution in [0.3, 0.4) is 0 Å². The van der Waals surface area contributed by atoms with Crippen LogP contribution < -0.4 is 10.6 Å². The van der Waals surface area contributed by atoms with Crippen LogP contribution in [0, 0.1) is 11.6 Å². The van der Waals surface area contributed by atoms with Gasteiger partial charge in [-0.3, -0.25) is 18.2 Å². The minimum Gasteiger partial charge on any atom is -0.333 e. The molecular formula is C40H39Cl2F3N10O5S. The maximum absolute atomic E-state index is 14.4. The van der Waals surface area contributed by atoms with Gasteiger partial charge in [0, 0.05) is 18.9 Å². The van der Waals surface area contributed by atoms with Crippen LogP contribution in [0.2, 0.25) is 10.0 Å².